The standard InChI is InChI=1S/C18H23N3O2S2/c1-13-5-3-4-6-15(13)18(7-9-23-10-8-18)11-19-16(22)14(2)25-17-21-20-12-24-17/h3-6,12,14H,7-11H2,1-2H3,(H,19,22)/t14-/m1/s1. The molecule has 2 heterocycles. The smallest absolute Gasteiger partial charge is 0.233 e. The van der Waals surface area contributed by atoms with Crippen molar-refractivity contribution in [2.75, 3.05) is 19.8 Å². The lowest BCUT2D eigenvalue weighted by Crippen LogP contribution is -2.46. The van der Waals surface area contributed by atoms with Crippen LogP contribution in [0.4, 0.5) is 0 Å². The topological polar surface area (TPSA) is 64.1 Å². The van der Waals surface area contributed by atoms with Crippen molar-refractivity contribution in [2.45, 2.75) is 41.7 Å². The number of rotatable bonds is 6. The molecule has 0 aliphatic carbocycles. The van der Waals surface area contributed by atoms with Gasteiger partial charge in [-0.1, -0.05) is 47.4 Å². The van der Waals surface area contributed by atoms with Crippen LogP contribution in [0.15, 0.2) is 34.1 Å². The van der Waals surface area contributed by atoms with Crippen LogP contribution < -0.4 is 5.32 Å². The molecule has 1 amide bonds. The summed E-state index contributed by atoms with van der Waals surface area (Å²) in [4.78, 5) is 12.6. The summed E-state index contributed by atoms with van der Waals surface area (Å²) in [5.41, 5.74) is 4.23. The Bertz CT molecular complexity index is 700. The number of amides is 1. The highest BCUT2D eigenvalue weighted by molar-refractivity contribution is 8.02. The average molecular weight is 378 g/mol. The van der Waals surface area contributed by atoms with Gasteiger partial charge in [-0.25, -0.2) is 0 Å². The summed E-state index contributed by atoms with van der Waals surface area (Å²) in [5, 5.41) is 10.8. The van der Waals surface area contributed by atoms with E-state index < -0.39 is 0 Å². The van der Waals surface area contributed by atoms with E-state index in [1.165, 1.54) is 34.2 Å². The van der Waals surface area contributed by atoms with Crippen molar-refractivity contribution in [2.24, 2.45) is 0 Å². The molecule has 1 aromatic heterocycles. The van der Waals surface area contributed by atoms with Gasteiger partial charge in [0, 0.05) is 25.2 Å². The summed E-state index contributed by atoms with van der Waals surface area (Å²) in [6.45, 7) is 6.16. The van der Waals surface area contributed by atoms with E-state index in [9.17, 15) is 4.79 Å². The maximum Gasteiger partial charge on any atom is 0.233 e. The van der Waals surface area contributed by atoms with Gasteiger partial charge in [0.05, 0.1) is 5.25 Å². The van der Waals surface area contributed by atoms with Crippen molar-refractivity contribution in [3.05, 3.63) is 40.9 Å². The highest BCUT2D eigenvalue weighted by Crippen LogP contribution is 2.36. The van der Waals surface area contributed by atoms with Crippen LogP contribution in [-0.2, 0) is 14.9 Å². The van der Waals surface area contributed by atoms with Gasteiger partial charge >= 0.3 is 0 Å². The number of nitrogens with zero attached hydrogens (tertiary/aromatic N) is 2. The van der Waals surface area contributed by atoms with Crippen molar-refractivity contribution >= 4 is 29.0 Å². The van der Waals surface area contributed by atoms with Gasteiger partial charge in [0.2, 0.25) is 5.91 Å². The largest absolute Gasteiger partial charge is 0.381 e. The number of aryl methyl sites for hydroxylation is 1. The van der Waals surface area contributed by atoms with Crippen LogP contribution in [0, 0.1) is 6.92 Å². The number of ether oxygens (including phenoxy) is 1. The number of carbonyl (C=O) groups is 1. The summed E-state index contributed by atoms with van der Waals surface area (Å²) in [5.74, 6) is 0.0413. The van der Waals surface area contributed by atoms with Gasteiger partial charge in [0.15, 0.2) is 4.34 Å². The molecule has 0 spiro atoms. The molecule has 3 rings (SSSR count). The van der Waals surface area contributed by atoms with E-state index in [0.717, 1.165) is 30.4 Å². The zero-order valence-corrected chi connectivity index (χ0v) is 16.2. The Morgan fingerprint density at radius 3 is 2.84 bits per heavy atom. The van der Waals surface area contributed by atoms with E-state index in [2.05, 4.69) is 46.7 Å². The minimum Gasteiger partial charge on any atom is -0.381 e. The van der Waals surface area contributed by atoms with Crippen molar-refractivity contribution in [1.29, 1.82) is 0 Å². The van der Waals surface area contributed by atoms with Crippen molar-refractivity contribution in [1.82, 2.24) is 15.5 Å². The molecular formula is C18H23N3O2S2. The lowest BCUT2D eigenvalue weighted by molar-refractivity contribution is -0.120. The zero-order valence-electron chi connectivity index (χ0n) is 14.5. The third kappa shape index (κ3) is 4.40. The molecule has 5 nitrogen and oxygen atoms in total. The van der Waals surface area contributed by atoms with E-state index in [-0.39, 0.29) is 16.6 Å². The SMILES string of the molecule is Cc1ccccc1C1(CNC(=O)[C@@H](C)Sc2nncs2)CCOCC1. The summed E-state index contributed by atoms with van der Waals surface area (Å²) >= 11 is 2.91. The molecule has 1 atom stereocenters. The Morgan fingerprint density at radius 2 is 2.16 bits per heavy atom. The van der Waals surface area contributed by atoms with E-state index >= 15 is 0 Å². The fourth-order valence-electron chi connectivity index (χ4n) is 3.29. The van der Waals surface area contributed by atoms with Crippen molar-refractivity contribution in [3.63, 3.8) is 0 Å². The van der Waals surface area contributed by atoms with Gasteiger partial charge in [-0.15, -0.1) is 10.2 Å². The van der Waals surface area contributed by atoms with Crippen LogP contribution in [0.25, 0.3) is 0 Å². The third-order valence-electron chi connectivity index (χ3n) is 4.75. The Hall–Kier alpha value is -1.44. The first-order valence-electron chi connectivity index (χ1n) is 8.45. The Balaban J connectivity index is 1.69. The molecule has 0 saturated carbocycles. The molecule has 0 unspecified atom stereocenters. The van der Waals surface area contributed by atoms with Gasteiger partial charge in [0.1, 0.15) is 5.51 Å². The lowest BCUT2D eigenvalue weighted by Gasteiger charge is -2.39. The highest BCUT2D eigenvalue weighted by atomic mass is 32.2. The second-order valence-corrected chi connectivity index (χ2v) is 8.81. The van der Waals surface area contributed by atoms with E-state index in [1.54, 1.807) is 5.51 Å². The minimum absolute atomic E-state index is 0.0413. The van der Waals surface area contributed by atoms with Crippen LogP contribution in [0.2, 0.25) is 0 Å². The van der Waals surface area contributed by atoms with E-state index in [4.69, 9.17) is 4.74 Å². The normalized spacial score (nSPS) is 17.8. The fourth-order valence-corrected chi connectivity index (χ4v) is 4.94. The number of hydrogen-bond acceptors (Lipinski definition) is 6. The first kappa shape index (κ1) is 18.4. The summed E-state index contributed by atoms with van der Waals surface area (Å²) in [6, 6.07) is 8.47. The molecule has 0 radical (unpaired) electrons. The number of benzene rings is 1. The van der Waals surface area contributed by atoms with Gasteiger partial charge < -0.3 is 10.1 Å². The monoisotopic (exact) mass is 377 g/mol. The second kappa shape index (κ2) is 8.29. The predicted octanol–water partition coefficient (Wildman–Crippen LogP) is 3.19. The molecule has 7 heteroatoms. The van der Waals surface area contributed by atoms with Crippen LogP contribution in [0.1, 0.15) is 30.9 Å². The maximum atomic E-state index is 12.6. The van der Waals surface area contributed by atoms with Crippen LogP contribution in [0.5, 0.6) is 0 Å². The Labute approximate surface area is 156 Å². The number of thioether (sulfide) groups is 1. The maximum absolute atomic E-state index is 12.6. The number of aromatic nitrogens is 2. The van der Waals surface area contributed by atoms with E-state index in [1.807, 2.05) is 6.92 Å². The summed E-state index contributed by atoms with van der Waals surface area (Å²) in [7, 11) is 0. The Kier molecular flexibility index (Phi) is 6.09. The highest BCUT2D eigenvalue weighted by Gasteiger charge is 2.36. The molecule has 25 heavy (non-hydrogen) atoms. The van der Waals surface area contributed by atoms with Crippen LogP contribution in [-0.4, -0.2) is 41.1 Å². The van der Waals surface area contributed by atoms with Gasteiger partial charge in [0.25, 0.3) is 0 Å². The van der Waals surface area contributed by atoms with Gasteiger partial charge in [-0.05, 0) is 37.8 Å². The second-order valence-electron chi connectivity index (χ2n) is 6.39. The quantitative estimate of drug-likeness (QED) is 0.783. The molecule has 1 aromatic carbocycles. The molecule has 1 saturated heterocycles. The van der Waals surface area contributed by atoms with Crippen LogP contribution in [0.3, 0.4) is 0 Å². The average Bonchev–Trinajstić information content (AvgIpc) is 3.14. The lowest BCUT2D eigenvalue weighted by atomic mass is 9.72. The molecule has 1 aliphatic rings. The molecule has 2 aromatic rings. The predicted molar refractivity (Wildman–Crippen MR) is 101 cm³/mol. The molecule has 1 N–H and O–H groups in total. The van der Waals surface area contributed by atoms with Gasteiger partial charge in [-0.2, -0.15) is 0 Å². The summed E-state index contributed by atoms with van der Waals surface area (Å²) in [6.07, 6.45) is 1.85. The van der Waals surface area contributed by atoms with Crippen molar-refractivity contribution < 1.29 is 9.53 Å². The zero-order chi connectivity index (χ0) is 17.7. The molecular weight excluding hydrogens is 354 g/mol. The molecule has 1 fully saturated rings. The third-order valence-corrected chi connectivity index (χ3v) is 6.67. The Morgan fingerprint density at radius 1 is 1.40 bits per heavy atom. The van der Waals surface area contributed by atoms with Crippen LogP contribution >= 0.6 is 23.1 Å². The molecule has 1 aliphatic heterocycles. The number of carbonyl (C=O) groups excluding carboxylic acids is 1. The summed E-state index contributed by atoms with van der Waals surface area (Å²) < 4.78 is 6.40. The molecule has 134 valence electrons. The first-order chi connectivity index (χ1) is 12.1. The number of nitrogens with one attached hydrogen (secondary N) is 1. The molecule has 0 bridgehead atoms. The minimum atomic E-state index is -0.193. The fraction of sp³-hybridized carbons (Fsp3) is 0.500. The van der Waals surface area contributed by atoms with Crippen molar-refractivity contribution in [3.8, 4) is 0 Å². The number of hydrogen-bond donors (Lipinski definition) is 1. The van der Waals surface area contributed by atoms with Gasteiger partial charge in [-0.3, -0.25) is 4.79 Å². The first-order valence-corrected chi connectivity index (χ1v) is 10.2. The van der Waals surface area contributed by atoms with E-state index in [0.29, 0.717) is 6.54 Å².